The molecule has 0 bridgehead atoms. The van der Waals surface area contributed by atoms with Crippen molar-refractivity contribution in [1.29, 1.82) is 0 Å². The van der Waals surface area contributed by atoms with Crippen LogP contribution in [0.3, 0.4) is 0 Å². The number of hydrogen-bond acceptors (Lipinski definition) is 4. The van der Waals surface area contributed by atoms with Gasteiger partial charge in [0.15, 0.2) is 5.11 Å². The van der Waals surface area contributed by atoms with E-state index in [1.807, 2.05) is 13.0 Å². The zero-order chi connectivity index (χ0) is 20.5. The van der Waals surface area contributed by atoms with Gasteiger partial charge in [0.2, 0.25) is 0 Å². The maximum Gasteiger partial charge on any atom is 0.269 e. The second-order valence-electron chi connectivity index (χ2n) is 6.08. The minimum absolute atomic E-state index is 0.00889. The molecule has 28 heavy (non-hydrogen) atoms. The predicted molar refractivity (Wildman–Crippen MR) is 116 cm³/mol. The summed E-state index contributed by atoms with van der Waals surface area (Å²) < 4.78 is 6.33. The largest absolute Gasteiger partial charge is 0.492 e. The van der Waals surface area contributed by atoms with Gasteiger partial charge in [-0.05, 0) is 71.8 Å². The summed E-state index contributed by atoms with van der Waals surface area (Å²) in [5, 5.41) is 2.51. The van der Waals surface area contributed by atoms with Crippen molar-refractivity contribution in [2.45, 2.75) is 26.7 Å². The molecule has 0 heterocycles. The molecule has 0 radical (unpaired) electrons. The Labute approximate surface area is 178 Å². The minimum atomic E-state index is -0.400. The minimum Gasteiger partial charge on any atom is -0.492 e. The lowest BCUT2D eigenvalue weighted by molar-refractivity contribution is 0.0934. The van der Waals surface area contributed by atoms with Crippen molar-refractivity contribution in [1.82, 2.24) is 16.2 Å². The quantitative estimate of drug-likeness (QED) is 0.344. The average Bonchev–Trinajstić information content (AvgIpc) is 2.67. The first-order valence-electron chi connectivity index (χ1n) is 8.81. The molecule has 0 saturated carbocycles. The molecule has 0 atom stereocenters. The molecule has 2 rings (SSSR count). The van der Waals surface area contributed by atoms with Crippen LogP contribution in [0.25, 0.3) is 0 Å². The van der Waals surface area contributed by atoms with Crippen molar-refractivity contribution >= 4 is 45.1 Å². The summed E-state index contributed by atoms with van der Waals surface area (Å²) >= 11 is 8.46. The van der Waals surface area contributed by atoms with Crippen LogP contribution in [0.15, 0.2) is 46.9 Å². The molecule has 8 heteroatoms. The van der Waals surface area contributed by atoms with Crippen LogP contribution in [0.1, 0.15) is 46.0 Å². The van der Waals surface area contributed by atoms with Crippen molar-refractivity contribution in [2.24, 2.45) is 0 Å². The summed E-state index contributed by atoms with van der Waals surface area (Å²) in [6.07, 6.45) is 2.01. The first-order chi connectivity index (χ1) is 13.4. The van der Waals surface area contributed by atoms with E-state index in [4.69, 9.17) is 17.0 Å². The molecule has 2 amide bonds. The predicted octanol–water partition coefficient (Wildman–Crippen LogP) is 3.89. The van der Waals surface area contributed by atoms with Crippen LogP contribution in [0.4, 0.5) is 0 Å². The standard InChI is InChI=1S/C20H22BrN3O3S/c1-3-4-10-27-17-9-8-15(12-16(17)21)18(25)22-20(28)24-23-19(26)14-7-5-6-13(2)11-14/h5-9,11-12H,3-4,10H2,1-2H3,(H,23,26)(H2,22,24,25,28). The molecule has 2 aromatic carbocycles. The van der Waals surface area contributed by atoms with Crippen LogP contribution in [0.2, 0.25) is 0 Å². The highest BCUT2D eigenvalue weighted by Gasteiger charge is 2.12. The topological polar surface area (TPSA) is 79.5 Å². The number of halogens is 1. The Balaban J connectivity index is 1.87. The lowest BCUT2D eigenvalue weighted by Gasteiger charge is -2.12. The third kappa shape index (κ3) is 6.61. The highest BCUT2D eigenvalue weighted by Crippen LogP contribution is 2.26. The second kappa shape index (κ2) is 10.8. The molecule has 0 spiro atoms. The maximum absolute atomic E-state index is 12.3. The Hall–Kier alpha value is -2.45. The molecule has 6 nitrogen and oxygen atoms in total. The maximum atomic E-state index is 12.3. The summed E-state index contributed by atoms with van der Waals surface area (Å²) in [4.78, 5) is 24.4. The summed E-state index contributed by atoms with van der Waals surface area (Å²) in [5.74, 6) is -0.0733. The van der Waals surface area contributed by atoms with E-state index in [9.17, 15) is 9.59 Å². The Morgan fingerprint density at radius 3 is 2.50 bits per heavy atom. The second-order valence-corrected chi connectivity index (χ2v) is 7.34. The number of thiocarbonyl (C=S) groups is 1. The van der Waals surface area contributed by atoms with Crippen molar-refractivity contribution in [3.05, 3.63) is 63.6 Å². The number of nitrogens with one attached hydrogen (secondary N) is 3. The molecule has 0 fully saturated rings. The molecular formula is C20H22BrN3O3S. The van der Waals surface area contributed by atoms with Crippen LogP contribution in [0, 0.1) is 6.92 Å². The number of aryl methyl sites for hydroxylation is 1. The van der Waals surface area contributed by atoms with E-state index in [1.54, 1.807) is 36.4 Å². The fraction of sp³-hybridized carbons (Fsp3) is 0.250. The number of carbonyl (C=O) groups is 2. The van der Waals surface area contributed by atoms with Crippen molar-refractivity contribution in [2.75, 3.05) is 6.61 Å². The molecule has 3 N–H and O–H groups in total. The Kier molecular flexibility index (Phi) is 8.41. The molecule has 0 unspecified atom stereocenters. The van der Waals surface area contributed by atoms with Crippen LogP contribution in [0.5, 0.6) is 5.75 Å². The zero-order valence-corrected chi connectivity index (χ0v) is 18.1. The van der Waals surface area contributed by atoms with Crippen LogP contribution in [-0.2, 0) is 0 Å². The van der Waals surface area contributed by atoms with Gasteiger partial charge in [-0.2, -0.15) is 0 Å². The van der Waals surface area contributed by atoms with Crippen LogP contribution in [-0.4, -0.2) is 23.5 Å². The third-order valence-corrected chi connectivity index (χ3v) is 4.57. The smallest absolute Gasteiger partial charge is 0.269 e. The molecule has 2 aromatic rings. The van der Waals surface area contributed by atoms with Crippen molar-refractivity contribution in [3.8, 4) is 5.75 Å². The van der Waals surface area contributed by atoms with Gasteiger partial charge in [-0.25, -0.2) is 0 Å². The van der Waals surface area contributed by atoms with Gasteiger partial charge in [0.25, 0.3) is 11.8 Å². The van der Waals surface area contributed by atoms with Crippen LogP contribution >= 0.6 is 28.1 Å². The van der Waals surface area contributed by atoms with Gasteiger partial charge >= 0.3 is 0 Å². The van der Waals surface area contributed by atoms with Gasteiger partial charge in [0.05, 0.1) is 11.1 Å². The summed E-state index contributed by atoms with van der Waals surface area (Å²) in [5.41, 5.74) is 6.85. The number of hydrazine groups is 1. The number of ether oxygens (including phenoxy) is 1. The van der Waals surface area contributed by atoms with Crippen molar-refractivity contribution in [3.63, 3.8) is 0 Å². The fourth-order valence-electron chi connectivity index (χ4n) is 2.26. The number of amides is 2. The van der Waals surface area contributed by atoms with E-state index < -0.39 is 5.91 Å². The van der Waals surface area contributed by atoms with E-state index >= 15 is 0 Å². The molecule has 0 aliphatic rings. The monoisotopic (exact) mass is 463 g/mol. The molecule has 0 saturated heterocycles. The van der Waals surface area contributed by atoms with Gasteiger partial charge in [-0.1, -0.05) is 31.0 Å². The molecule has 0 aliphatic heterocycles. The molecule has 0 aliphatic carbocycles. The highest BCUT2D eigenvalue weighted by molar-refractivity contribution is 9.10. The van der Waals surface area contributed by atoms with Gasteiger partial charge in [0.1, 0.15) is 5.75 Å². The first-order valence-corrected chi connectivity index (χ1v) is 10.0. The van der Waals surface area contributed by atoms with Gasteiger partial charge in [0, 0.05) is 11.1 Å². The lowest BCUT2D eigenvalue weighted by atomic mass is 10.1. The molecule has 148 valence electrons. The van der Waals surface area contributed by atoms with E-state index in [-0.39, 0.29) is 11.0 Å². The molecular weight excluding hydrogens is 442 g/mol. The fourth-order valence-corrected chi connectivity index (χ4v) is 2.90. The molecule has 0 aromatic heterocycles. The van der Waals surface area contributed by atoms with Gasteiger partial charge in [-0.15, -0.1) is 0 Å². The average molecular weight is 464 g/mol. The third-order valence-electron chi connectivity index (χ3n) is 3.75. The van der Waals surface area contributed by atoms with E-state index in [2.05, 4.69) is 39.0 Å². The summed E-state index contributed by atoms with van der Waals surface area (Å²) in [7, 11) is 0. The number of benzene rings is 2. The van der Waals surface area contributed by atoms with Crippen molar-refractivity contribution < 1.29 is 14.3 Å². The Bertz CT molecular complexity index is 874. The number of hydrogen-bond donors (Lipinski definition) is 3. The van der Waals surface area contributed by atoms with E-state index in [0.29, 0.717) is 28.0 Å². The summed E-state index contributed by atoms with van der Waals surface area (Å²) in [6.45, 7) is 4.61. The SMILES string of the molecule is CCCCOc1ccc(C(=O)NC(=S)NNC(=O)c2cccc(C)c2)cc1Br. The highest BCUT2D eigenvalue weighted by atomic mass is 79.9. The first kappa shape index (κ1) is 21.8. The number of carbonyl (C=O) groups excluding carboxylic acids is 2. The zero-order valence-electron chi connectivity index (χ0n) is 15.7. The number of unbranched alkanes of at least 4 members (excludes halogenated alkanes) is 1. The Morgan fingerprint density at radius 2 is 1.82 bits per heavy atom. The van der Waals surface area contributed by atoms with Gasteiger partial charge in [-0.3, -0.25) is 25.8 Å². The van der Waals surface area contributed by atoms with E-state index in [0.717, 1.165) is 18.4 Å². The Morgan fingerprint density at radius 1 is 1.07 bits per heavy atom. The lowest BCUT2D eigenvalue weighted by Crippen LogP contribution is -2.48. The summed E-state index contributed by atoms with van der Waals surface area (Å²) in [6, 6.07) is 12.2. The number of rotatable bonds is 6. The van der Waals surface area contributed by atoms with E-state index in [1.165, 1.54) is 0 Å². The normalized spacial score (nSPS) is 10.1. The van der Waals surface area contributed by atoms with Crippen LogP contribution < -0.4 is 20.9 Å². The van der Waals surface area contributed by atoms with Gasteiger partial charge < -0.3 is 4.74 Å².